The Balaban J connectivity index is 1.60. The molecule has 1 atom stereocenters. The van der Waals surface area contributed by atoms with Crippen LogP contribution in [0.15, 0.2) is 67.3 Å². The Morgan fingerprint density at radius 2 is 1.80 bits per heavy atom. The predicted octanol–water partition coefficient (Wildman–Crippen LogP) is 5.42. The van der Waals surface area contributed by atoms with Crippen molar-refractivity contribution >= 4 is 27.4 Å². The molecule has 0 unspecified atom stereocenters. The number of aromatic nitrogens is 5. The van der Waals surface area contributed by atoms with Crippen molar-refractivity contribution in [1.82, 2.24) is 25.1 Å². The standard InChI is InChI=1S/C27H29N7S/c1-27(2,3)24-21(19-14-31-32-15-19)22-23(35-24)26(34-25(33-22)18-9-11-29-12-10-18)30-16-20(28)13-17-7-5-4-6-8-17/h4-12,14-15,20H,13,16,28H2,1-3H3,(H,31,32)(H,30,33,34)/t20-/m0/s1. The van der Waals surface area contributed by atoms with E-state index in [4.69, 9.17) is 15.7 Å². The number of anilines is 1. The van der Waals surface area contributed by atoms with Crippen molar-refractivity contribution in [3.8, 4) is 22.5 Å². The van der Waals surface area contributed by atoms with Gasteiger partial charge in [0.25, 0.3) is 0 Å². The second-order valence-electron chi connectivity index (χ2n) is 9.68. The molecule has 8 heteroatoms. The first-order valence-electron chi connectivity index (χ1n) is 11.7. The number of fused-ring (bicyclic) bond motifs is 1. The fourth-order valence-corrected chi connectivity index (χ4v) is 5.41. The average molecular weight is 484 g/mol. The Labute approximate surface area is 208 Å². The lowest BCUT2D eigenvalue weighted by Gasteiger charge is -2.18. The van der Waals surface area contributed by atoms with E-state index in [1.807, 2.05) is 42.7 Å². The van der Waals surface area contributed by atoms with Crippen LogP contribution in [0.3, 0.4) is 0 Å². The molecule has 7 nitrogen and oxygen atoms in total. The van der Waals surface area contributed by atoms with Gasteiger partial charge in [-0.15, -0.1) is 11.3 Å². The summed E-state index contributed by atoms with van der Waals surface area (Å²) in [4.78, 5) is 15.4. The molecule has 4 N–H and O–H groups in total. The first kappa shape index (κ1) is 23.1. The third kappa shape index (κ3) is 4.94. The molecule has 4 heterocycles. The molecule has 0 fully saturated rings. The lowest BCUT2D eigenvalue weighted by atomic mass is 9.89. The van der Waals surface area contributed by atoms with Crippen LogP contribution in [0.5, 0.6) is 0 Å². The van der Waals surface area contributed by atoms with Crippen molar-refractivity contribution in [2.75, 3.05) is 11.9 Å². The average Bonchev–Trinajstić information content (AvgIpc) is 3.51. The minimum atomic E-state index is -0.0736. The second kappa shape index (κ2) is 9.56. The Morgan fingerprint density at radius 3 is 2.49 bits per heavy atom. The predicted molar refractivity (Wildman–Crippen MR) is 144 cm³/mol. The number of aromatic amines is 1. The maximum atomic E-state index is 6.51. The molecule has 178 valence electrons. The number of nitrogens with one attached hydrogen (secondary N) is 2. The zero-order valence-electron chi connectivity index (χ0n) is 20.1. The Bertz CT molecular complexity index is 1410. The molecular formula is C27H29N7S. The summed E-state index contributed by atoms with van der Waals surface area (Å²) in [5.74, 6) is 1.46. The van der Waals surface area contributed by atoms with Crippen molar-refractivity contribution in [3.05, 3.63) is 77.7 Å². The van der Waals surface area contributed by atoms with Crippen LogP contribution in [0.2, 0.25) is 0 Å². The number of H-pyrrole nitrogens is 1. The van der Waals surface area contributed by atoms with Gasteiger partial charge in [-0.3, -0.25) is 10.1 Å². The van der Waals surface area contributed by atoms with E-state index in [0.29, 0.717) is 12.4 Å². The molecule has 5 rings (SSSR count). The van der Waals surface area contributed by atoms with Gasteiger partial charge in [0.2, 0.25) is 0 Å². The van der Waals surface area contributed by atoms with Crippen molar-refractivity contribution in [1.29, 1.82) is 0 Å². The van der Waals surface area contributed by atoms with Gasteiger partial charge in [-0.2, -0.15) is 5.10 Å². The van der Waals surface area contributed by atoms with E-state index in [0.717, 1.165) is 39.1 Å². The molecular weight excluding hydrogens is 454 g/mol. The Kier molecular flexibility index (Phi) is 6.32. The fourth-order valence-electron chi connectivity index (χ4n) is 4.13. The van der Waals surface area contributed by atoms with Crippen LogP contribution in [-0.2, 0) is 11.8 Å². The van der Waals surface area contributed by atoms with Crippen LogP contribution in [0.4, 0.5) is 5.82 Å². The summed E-state index contributed by atoms with van der Waals surface area (Å²) in [6.45, 7) is 7.27. The maximum Gasteiger partial charge on any atom is 0.162 e. The van der Waals surface area contributed by atoms with Crippen LogP contribution in [-0.4, -0.2) is 37.7 Å². The van der Waals surface area contributed by atoms with E-state index in [9.17, 15) is 0 Å². The summed E-state index contributed by atoms with van der Waals surface area (Å²) >= 11 is 1.73. The summed E-state index contributed by atoms with van der Waals surface area (Å²) in [7, 11) is 0. The minimum absolute atomic E-state index is 0.0535. The van der Waals surface area contributed by atoms with Gasteiger partial charge in [-0.1, -0.05) is 51.1 Å². The third-order valence-corrected chi connectivity index (χ3v) is 7.42. The SMILES string of the molecule is CC(C)(C)c1sc2c(NC[C@@H](N)Cc3ccccc3)nc(-c3ccncc3)nc2c1-c1cn[nH]c1. The van der Waals surface area contributed by atoms with Gasteiger partial charge in [0.15, 0.2) is 5.82 Å². The number of thiophene rings is 1. The molecule has 0 saturated heterocycles. The van der Waals surface area contributed by atoms with Crippen molar-refractivity contribution in [2.45, 2.75) is 38.6 Å². The van der Waals surface area contributed by atoms with Gasteiger partial charge in [-0.05, 0) is 29.5 Å². The number of rotatable bonds is 7. The fraction of sp³-hybridized carbons (Fsp3) is 0.259. The first-order chi connectivity index (χ1) is 16.9. The van der Waals surface area contributed by atoms with Gasteiger partial charge in [0.05, 0.1) is 16.4 Å². The topological polar surface area (TPSA) is 105 Å². The molecule has 0 spiro atoms. The minimum Gasteiger partial charge on any atom is -0.367 e. The first-order valence-corrected chi connectivity index (χ1v) is 12.5. The molecule has 0 bridgehead atoms. The molecule has 1 aromatic carbocycles. The highest BCUT2D eigenvalue weighted by Gasteiger charge is 2.27. The highest BCUT2D eigenvalue weighted by Crippen LogP contribution is 2.46. The molecule has 0 aliphatic heterocycles. The monoisotopic (exact) mass is 483 g/mol. The van der Waals surface area contributed by atoms with E-state index in [1.54, 1.807) is 23.7 Å². The molecule has 0 aliphatic carbocycles. The quantitative estimate of drug-likeness (QED) is 0.285. The molecule has 5 aromatic rings. The van der Waals surface area contributed by atoms with Crippen molar-refractivity contribution in [2.24, 2.45) is 5.73 Å². The molecule has 0 aliphatic rings. The van der Waals surface area contributed by atoms with Crippen LogP contribution >= 0.6 is 11.3 Å². The zero-order chi connectivity index (χ0) is 24.4. The summed E-state index contributed by atoms with van der Waals surface area (Å²) in [5, 5.41) is 10.7. The normalized spacial score (nSPS) is 12.7. The summed E-state index contributed by atoms with van der Waals surface area (Å²) in [6, 6.07) is 14.1. The van der Waals surface area contributed by atoms with Gasteiger partial charge in [-0.25, -0.2) is 9.97 Å². The smallest absolute Gasteiger partial charge is 0.162 e. The van der Waals surface area contributed by atoms with Gasteiger partial charge in [0, 0.05) is 52.7 Å². The molecule has 0 radical (unpaired) electrons. The van der Waals surface area contributed by atoms with E-state index in [-0.39, 0.29) is 11.5 Å². The van der Waals surface area contributed by atoms with E-state index >= 15 is 0 Å². The number of hydrogen-bond donors (Lipinski definition) is 3. The summed E-state index contributed by atoms with van der Waals surface area (Å²) in [6.07, 6.45) is 8.09. The highest BCUT2D eigenvalue weighted by atomic mass is 32.1. The summed E-state index contributed by atoms with van der Waals surface area (Å²) < 4.78 is 1.02. The van der Waals surface area contributed by atoms with E-state index in [1.165, 1.54) is 10.4 Å². The molecule has 4 aromatic heterocycles. The highest BCUT2D eigenvalue weighted by molar-refractivity contribution is 7.20. The summed E-state index contributed by atoms with van der Waals surface area (Å²) in [5.41, 5.74) is 11.6. The Hall–Kier alpha value is -3.62. The van der Waals surface area contributed by atoms with Crippen LogP contribution in [0.1, 0.15) is 31.2 Å². The van der Waals surface area contributed by atoms with Crippen LogP contribution in [0, 0.1) is 0 Å². The number of benzene rings is 1. The van der Waals surface area contributed by atoms with Crippen LogP contribution in [0.25, 0.3) is 32.7 Å². The zero-order valence-corrected chi connectivity index (χ0v) is 20.9. The second-order valence-corrected chi connectivity index (χ2v) is 10.7. The molecule has 0 saturated carbocycles. The van der Waals surface area contributed by atoms with Gasteiger partial charge in [0.1, 0.15) is 5.82 Å². The van der Waals surface area contributed by atoms with E-state index < -0.39 is 0 Å². The lowest BCUT2D eigenvalue weighted by Crippen LogP contribution is -2.31. The van der Waals surface area contributed by atoms with Crippen molar-refractivity contribution < 1.29 is 0 Å². The lowest BCUT2D eigenvalue weighted by molar-refractivity contribution is 0.605. The largest absolute Gasteiger partial charge is 0.367 e. The van der Waals surface area contributed by atoms with Gasteiger partial charge >= 0.3 is 0 Å². The number of nitrogens with zero attached hydrogens (tertiary/aromatic N) is 4. The molecule has 35 heavy (non-hydrogen) atoms. The van der Waals surface area contributed by atoms with Crippen molar-refractivity contribution in [3.63, 3.8) is 0 Å². The number of pyridine rings is 1. The van der Waals surface area contributed by atoms with Gasteiger partial charge < -0.3 is 11.1 Å². The maximum absolute atomic E-state index is 6.51. The number of nitrogens with two attached hydrogens (primary N) is 1. The third-order valence-electron chi connectivity index (χ3n) is 5.81. The Morgan fingerprint density at radius 1 is 1.03 bits per heavy atom. The number of hydrogen-bond acceptors (Lipinski definition) is 7. The molecule has 0 amide bonds. The van der Waals surface area contributed by atoms with Crippen LogP contribution < -0.4 is 11.1 Å². The van der Waals surface area contributed by atoms with E-state index in [2.05, 4.69) is 53.4 Å².